The van der Waals surface area contributed by atoms with Crippen LogP contribution < -0.4 is 0 Å². The van der Waals surface area contributed by atoms with Gasteiger partial charge in [-0.25, -0.2) is 15.0 Å². The molecule has 1 unspecified atom stereocenters. The first kappa shape index (κ1) is 21.3. The number of aliphatic hydroxyl groups excluding tert-OH is 3. The van der Waals surface area contributed by atoms with Crippen LogP contribution in [0.15, 0.2) is 44.1 Å². The van der Waals surface area contributed by atoms with E-state index in [4.69, 9.17) is 10.1 Å². The monoisotopic (exact) mass is 453 g/mol. The van der Waals surface area contributed by atoms with Crippen LogP contribution in [-0.4, -0.2) is 95.5 Å². The minimum atomic E-state index is -4.97. The van der Waals surface area contributed by atoms with Crippen molar-refractivity contribution in [3.63, 3.8) is 0 Å². The third-order valence-electron chi connectivity index (χ3n) is 5.17. The van der Waals surface area contributed by atoms with Crippen molar-refractivity contribution >= 4 is 40.4 Å². The summed E-state index contributed by atoms with van der Waals surface area (Å²) in [6.07, 6.45) is -3.15. The van der Waals surface area contributed by atoms with Gasteiger partial charge >= 0.3 is 10.2 Å². The van der Waals surface area contributed by atoms with E-state index in [0.717, 1.165) is 41.8 Å². The van der Waals surface area contributed by atoms with E-state index in [-0.39, 0.29) is 11.4 Å². The number of Topliss-reactive ketones (excluding diaryl/α,β-unsaturated/α-hetero) is 1. The highest BCUT2D eigenvalue weighted by molar-refractivity contribution is 7.86. The molecule has 3 aliphatic rings. The number of ketones is 1. The van der Waals surface area contributed by atoms with E-state index >= 15 is 0 Å². The predicted molar refractivity (Wildman–Crippen MR) is 104 cm³/mol. The third kappa shape index (κ3) is 3.19. The zero-order valence-electron chi connectivity index (χ0n) is 15.5. The molecule has 1 aromatic carbocycles. The Morgan fingerprint density at radius 3 is 2.52 bits per heavy atom. The molecule has 4 N–H and O–H groups in total. The van der Waals surface area contributed by atoms with E-state index in [1.54, 1.807) is 0 Å². The molecule has 1 fully saturated rings. The van der Waals surface area contributed by atoms with E-state index in [0.29, 0.717) is 0 Å². The van der Waals surface area contributed by atoms with Gasteiger partial charge in [0.05, 0.1) is 17.8 Å². The summed E-state index contributed by atoms with van der Waals surface area (Å²) in [5.41, 5.74) is -2.15. The van der Waals surface area contributed by atoms with Crippen LogP contribution in [0.3, 0.4) is 0 Å². The molecule has 0 radical (unpaired) electrons. The molecule has 0 spiro atoms. The Labute approximate surface area is 174 Å². The van der Waals surface area contributed by atoms with Gasteiger partial charge in [0, 0.05) is 5.56 Å². The number of amidine groups is 2. The molecule has 3 aliphatic heterocycles. The van der Waals surface area contributed by atoms with E-state index < -0.39 is 63.4 Å². The Morgan fingerprint density at radius 2 is 1.94 bits per heavy atom. The van der Waals surface area contributed by atoms with Crippen LogP contribution >= 0.6 is 0 Å². The molecular weight excluding hydrogens is 437 g/mol. The van der Waals surface area contributed by atoms with Crippen LogP contribution in [0.5, 0.6) is 0 Å². The van der Waals surface area contributed by atoms with Crippen molar-refractivity contribution in [2.45, 2.75) is 35.0 Å². The number of carbonyl (C=O) groups is 1. The van der Waals surface area contributed by atoms with Crippen molar-refractivity contribution in [2.24, 2.45) is 15.0 Å². The molecule has 0 amide bonds. The standard InChI is InChI=1S/C17H16FN5O7S/c18-31(28,29)9-3-1-8(2-4-9)13(27)17-15(19)20-6-21-16(17)23(7-22-17)14-12(26)11(25)10(5-24)30-14/h1-4,6-7,10-12,14,19,24-26H,5H2/t10-,11-,12-,14-,17?/m1/s1. The van der Waals surface area contributed by atoms with E-state index in [9.17, 15) is 32.4 Å². The second-order valence-corrected chi connectivity index (χ2v) is 8.28. The van der Waals surface area contributed by atoms with E-state index in [1.807, 2.05) is 0 Å². The summed E-state index contributed by atoms with van der Waals surface area (Å²) in [5.74, 6) is -1.45. The number of benzene rings is 1. The number of carbonyl (C=O) groups excluding carboxylic acids is 1. The molecule has 31 heavy (non-hydrogen) atoms. The lowest BCUT2D eigenvalue weighted by Gasteiger charge is -2.32. The average molecular weight is 453 g/mol. The number of nitrogens with one attached hydrogen (secondary N) is 1. The van der Waals surface area contributed by atoms with E-state index in [2.05, 4.69) is 15.0 Å². The van der Waals surface area contributed by atoms with Gasteiger partial charge in [0.15, 0.2) is 17.9 Å². The lowest BCUT2D eigenvalue weighted by atomic mass is 9.86. The fourth-order valence-corrected chi connectivity index (χ4v) is 4.01. The molecule has 0 saturated carbocycles. The van der Waals surface area contributed by atoms with Crippen LogP contribution in [0, 0.1) is 5.41 Å². The van der Waals surface area contributed by atoms with Crippen molar-refractivity contribution in [1.82, 2.24) is 4.90 Å². The van der Waals surface area contributed by atoms with Crippen LogP contribution in [0.1, 0.15) is 10.4 Å². The van der Waals surface area contributed by atoms with Crippen LogP contribution in [0.4, 0.5) is 3.89 Å². The van der Waals surface area contributed by atoms with Gasteiger partial charge in [-0.3, -0.25) is 15.1 Å². The average Bonchev–Trinajstić information content (AvgIpc) is 3.26. The van der Waals surface area contributed by atoms with Gasteiger partial charge in [0.1, 0.15) is 24.7 Å². The largest absolute Gasteiger partial charge is 0.394 e. The first-order chi connectivity index (χ1) is 14.6. The lowest BCUT2D eigenvalue weighted by Crippen LogP contribution is -2.57. The zero-order valence-corrected chi connectivity index (χ0v) is 16.3. The SMILES string of the molecule is N=C1N=CN=C2N([C@@H]3O[C@H](CO)[C@@H](O)[C@H]3O)C=NC12C(=O)c1ccc(S(=O)(=O)F)cc1. The molecule has 4 rings (SSSR count). The van der Waals surface area contributed by atoms with Crippen molar-refractivity contribution in [3.8, 4) is 0 Å². The number of hydrogen-bond acceptors (Lipinski definition) is 11. The first-order valence-corrected chi connectivity index (χ1v) is 10.2. The zero-order chi connectivity index (χ0) is 22.6. The highest BCUT2D eigenvalue weighted by atomic mass is 32.3. The van der Waals surface area contributed by atoms with E-state index in [1.165, 1.54) is 0 Å². The Hall–Kier alpha value is -2.91. The summed E-state index contributed by atoms with van der Waals surface area (Å²) in [7, 11) is -4.97. The number of rotatable bonds is 5. The normalized spacial score (nSPS) is 32.3. The number of ether oxygens (including phenoxy) is 1. The van der Waals surface area contributed by atoms with Crippen molar-refractivity contribution in [3.05, 3.63) is 29.8 Å². The number of fused-ring (bicyclic) bond motifs is 1. The summed E-state index contributed by atoms with van der Waals surface area (Å²) >= 11 is 0. The third-order valence-corrected chi connectivity index (χ3v) is 6.01. The summed E-state index contributed by atoms with van der Waals surface area (Å²) in [4.78, 5) is 25.7. The molecule has 0 bridgehead atoms. The number of aliphatic hydroxyl groups is 3. The Morgan fingerprint density at radius 1 is 1.26 bits per heavy atom. The molecule has 12 nitrogen and oxygen atoms in total. The molecule has 3 heterocycles. The second-order valence-electron chi connectivity index (χ2n) is 6.93. The smallest absolute Gasteiger partial charge is 0.332 e. The van der Waals surface area contributed by atoms with Gasteiger partial charge < -0.3 is 20.1 Å². The Kier molecular flexibility index (Phi) is 5.06. The summed E-state index contributed by atoms with van der Waals surface area (Å²) < 4.78 is 40.6. The highest BCUT2D eigenvalue weighted by Crippen LogP contribution is 2.34. The summed E-state index contributed by atoms with van der Waals surface area (Å²) in [5, 5.41) is 37.9. The number of hydrogen-bond donors (Lipinski definition) is 4. The van der Waals surface area contributed by atoms with Gasteiger partial charge in [-0.2, -0.15) is 8.42 Å². The molecule has 5 atom stereocenters. The molecule has 14 heteroatoms. The minimum absolute atomic E-state index is 0.0953. The Balaban J connectivity index is 1.71. The van der Waals surface area contributed by atoms with Crippen molar-refractivity contribution < 1.29 is 37.2 Å². The number of halogens is 1. The maximum absolute atomic E-state index is 13.3. The van der Waals surface area contributed by atoms with Crippen molar-refractivity contribution in [1.29, 1.82) is 5.41 Å². The second kappa shape index (κ2) is 7.35. The van der Waals surface area contributed by atoms with Gasteiger partial charge in [0.2, 0.25) is 11.3 Å². The molecule has 1 aromatic rings. The topological polar surface area (TPSA) is 185 Å². The molecule has 164 valence electrons. The fourth-order valence-electron chi connectivity index (χ4n) is 3.55. The molecule has 0 aromatic heterocycles. The summed E-state index contributed by atoms with van der Waals surface area (Å²) in [6, 6.07) is 3.93. The maximum atomic E-state index is 13.3. The minimum Gasteiger partial charge on any atom is -0.394 e. The molecular formula is C17H16FN5O7S. The number of aliphatic imine (C=N–C) groups is 3. The van der Waals surface area contributed by atoms with Crippen LogP contribution in [0.25, 0.3) is 0 Å². The Bertz CT molecular complexity index is 1140. The summed E-state index contributed by atoms with van der Waals surface area (Å²) in [6.45, 7) is -0.572. The highest BCUT2D eigenvalue weighted by Gasteiger charge is 2.58. The number of nitrogens with zero attached hydrogens (tertiary/aromatic N) is 4. The predicted octanol–water partition coefficient (Wildman–Crippen LogP) is -1.53. The van der Waals surface area contributed by atoms with Crippen LogP contribution in [-0.2, 0) is 15.0 Å². The maximum Gasteiger partial charge on any atom is 0.332 e. The van der Waals surface area contributed by atoms with Gasteiger partial charge in [-0.1, -0.05) is 0 Å². The van der Waals surface area contributed by atoms with Crippen LogP contribution in [0.2, 0.25) is 0 Å². The lowest BCUT2D eigenvalue weighted by molar-refractivity contribution is -0.0511. The molecule has 1 saturated heterocycles. The fraction of sp³-hybridized carbons (Fsp3) is 0.353. The van der Waals surface area contributed by atoms with Gasteiger partial charge in [-0.05, 0) is 24.3 Å². The first-order valence-electron chi connectivity index (χ1n) is 8.86. The molecule has 0 aliphatic carbocycles. The van der Waals surface area contributed by atoms with Crippen molar-refractivity contribution in [2.75, 3.05) is 6.61 Å². The van der Waals surface area contributed by atoms with Gasteiger partial charge in [-0.15, -0.1) is 3.89 Å². The van der Waals surface area contributed by atoms with Gasteiger partial charge in [0.25, 0.3) is 0 Å². The quantitative estimate of drug-likeness (QED) is 0.305.